The third kappa shape index (κ3) is 1990. The molecule has 16 N–H and O–H groups in total. The monoisotopic (exact) mass is 668 g/mol. The number of hydrogen-bond donors (Lipinski definition) is 14. The molecule has 0 saturated heterocycles. The van der Waals surface area contributed by atoms with Crippen LogP contribution in [0.25, 0.3) is 0 Å². The molecule has 44 heavy (non-hydrogen) atoms. The van der Waals surface area contributed by atoms with Crippen LogP contribution in [0.1, 0.15) is 83.1 Å². The number of aliphatic hydroxyl groups is 2. The van der Waals surface area contributed by atoms with Crippen molar-refractivity contribution in [2.75, 3.05) is 28.3 Å². The number of aliphatic carboxylic acids is 4. The van der Waals surface area contributed by atoms with Gasteiger partial charge in [0.05, 0.1) is 12.2 Å². The summed E-state index contributed by atoms with van der Waals surface area (Å²) in [7, 11) is 5.00. The van der Waals surface area contributed by atoms with Gasteiger partial charge in [-0.2, -0.15) is 0 Å². The Labute approximate surface area is 263 Å². The van der Waals surface area contributed by atoms with Gasteiger partial charge >= 0.3 is 0 Å². The fraction of sp³-hybridized carbons (Fsp3) is 0.833. The Morgan fingerprint density at radius 1 is 0.477 bits per heavy atom. The zero-order valence-electron chi connectivity index (χ0n) is 29.4. The Morgan fingerprint density at radius 3 is 0.523 bits per heavy atom. The van der Waals surface area contributed by atoms with Crippen molar-refractivity contribution in [1.82, 2.24) is 11.0 Å². The summed E-state index contributed by atoms with van der Waals surface area (Å²) in [4.78, 5) is 43.5. The van der Waals surface area contributed by atoms with Crippen LogP contribution in [-0.2, 0) is 29.0 Å². The molecule has 0 atom stereocenters. The van der Waals surface area contributed by atoms with E-state index in [0.717, 1.165) is 41.9 Å². The maximum atomic E-state index is 9.00. The number of carbonyl (C=O) groups is 4. The molecule has 20 nitrogen and oxygen atoms in total. The quantitative estimate of drug-likeness (QED) is 0.148. The van der Waals surface area contributed by atoms with Crippen LogP contribution < -0.4 is 22.4 Å². The fourth-order valence-electron chi connectivity index (χ4n) is 0. The normalized spacial score (nSPS) is 7.18. The van der Waals surface area contributed by atoms with Gasteiger partial charge in [0.25, 0.3) is 23.9 Å². The summed E-state index contributed by atoms with van der Waals surface area (Å²) >= 11 is 0. The maximum Gasteiger partial charge on any atom is 0.300 e. The number of aliphatic hydroxyl groups excluding tert-OH is 2. The number of hydroxylamine groups is 2. The molecule has 0 fully saturated rings. The number of hydrogen-bond acceptors (Lipinski definition) is 16. The van der Waals surface area contributed by atoms with E-state index in [-0.39, 0.29) is 24.3 Å². The molecule has 0 heterocycles. The number of nitrogens with one attached hydrogen (secondary N) is 2. The first kappa shape index (κ1) is 78.2. The van der Waals surface area contributed by atoms with Crippen molar-refractivity contribution in [3.63, 3.8) is 0 Å². The first-order valence-corrected chi connectivity index (χ1v) is 12.2. The molecule has 0 aliphatic carbocycles. The van der Waals surface area contributed by atoms with Gasteiger partial charge in [-0.1, -0.05) is 0 Å². The molecular weight excluding hydrogens is 600 g/mol. The lowest BCUT2D eigenvalue weighted by atomic mass is 10.4. The second-order valence-corrected chi connectivity index (χ2v) is 6.95. The van der Waals surface area contributed by atoms with Crippen LogP contribution in [0.15, 0.2) is 0 Å². The smallest absolute Gasteiger partial charge is 0.300 e. The summed E-state index contributed by atoms with van der Waals surface area (Å²) in [5.74, 6) is -3.33. The van der Waals surface area contributed by atoms with Crippen molar-refractivity contribution >= 4 is 23.9 Å². The van der Waals surface area contributed by atoms with Crippen molar-refractivity contribution in [3.05, 3.63) is 0 Å². The highest BCUT2D eigenvalue weighted by atomic mass is 17.1. The molecule has 0 bridgehead atoms. The molecule has 0 aromatic rings. The van der Waals surface area contributed by atoms with Crippen molar-refractivity contribution < 1.29 is 80.5 Å². The molecular formula is C24H68N4O16. The van der Waals surface area contributed by atoms with Gasteiger partial charge in [0, 0.05) is 54.0 Å². The largest absolute Gasteiger partial charge is 0.481 e. The Hall–Kier alpha value is -2.60. The summed E-state index contributed by atoms with van der Waals surface area (Å²) in [5, 5.41) is 74.7. The summed E-state index contributed by atoms with van der Waals surface area (Å²) in [6.45, 7) is 18.8. The third-order valence-corrected chi connectivity index (χ3v) is 0.938. The van der Waals surface area contributed by atoms with Gasteiger partial charge in [-0.3, -0.25) is 29.7 Å². The average Bonchev–Trinajstić information content (AvgIpc) is 2.92. The summed E-state index contributed by atoms with van der Waals surface area (Å²) in [6.07, 6.45) is -0.120. The predicted octanol–water partition coefficient (Wildman–Crippen LogP) is 1.25. The molecule has 0 aromatic carbocycles. The van der Waals surface area contributed by atoms with Crippen LogP contribution in [0.4, 0.5) is 0 Å². The summed E-state index contributed by atoms with van der Waals surface area (Å²) in [6, 6.07) is 0.380. The van der Waals surface area contributed by atoms with E-state index in [1.54, 1.807) is 27.7 Å². The Balaban J connectivity index is -0.0000000258. The van der Waals surface area contributed by atoms with Crippen LogP contribution in [0.2, 0.25) is 0 Å². The molecule has 0 aliphatic rings. The second kappa shape index (κ2) is 97.2. The Morgan fingerprint density at radius 2 is 0.523 bits per heavy atom. The molecule has 20 heteroatoms. The number of carboxylic acids is 4. The van der Waals surface area contributed by atoms with E-state index in [1.807, 2.05) is 38.7 Å². The highest BCUT2D eigenvalue weighted by Crippen LogP contribution is 1.78. The number of rotatable bonds is 4. The van der Waals surface area contributed by atoms with Crippen LogP contribution in [0.3, 0.4) is 0 Å². The van der Waals surface area contributed by atoms with Crippen molar-refractivity contribution in [2.45, 2.75) is 107 Å². The molecule has 0 rings (SSSR count). The Bertz CT molecular complexity index is 364. The molecule has 0 aliphatic heterocycles. The van der Waals surface area contributed by atoms with Gasteiger partial charge in [0.15, 0.2) is 0 Å². The first-order valence-electron chi connectivity index (χ1n) is 12.2. The minimum Gasteiger partial charge on any atom is -0.481 e. The molecule has 0 saturated carbocycles. The van der Waals surface area contributed by atoms with Crippen molar-refractivity contribution in [1.29, 1.82) is 0 Å². The fourth-order valence-corrected chi connectivity index (χ4v) is 0. The highest BCUT2D eigenvalue weighted by Gasteiger charge is 1.82. The molecule has 280 valence electrons. The lowest BCUT2D eigenvalue weighted by Gasteiger charge is -1.93. The van der Waals surface area contributed by atoms with Gasteiger partial charge < -0.3 is 52.5 Å². The van der Waals surface area contributed by atoms with Gasteiger partial charge in [0.1, 0.15) is 0 Å². The van der Waals surface area contributed by atoms with Gasteiger partial charge in [-0.15, -0.1) is 0 Å². The minimum atomic E-state index is -0.833. The summed E-state index contributed by atoms with van der Waals surface area (Å²) < 4.78 is 0. The first-order chi connectivity index (χ1) is 20.0. The lowest BCUT2D eigenvalue weighted by molar-refractivity contribution is -0.269. The van der Waals surface area contributed by atoms with E-state index < -0.39 is 23.9 Å². The molecule has 0 aromatic heterocycles. The van der Waals surface area contributed by atoms with E-state index in [4.69, 9.17) is 70.7 Å². The lowest BCUT2D eigenvalue weighted by Crippen LogP contribution is -2.16. The number of nitrogens with two attached hydrogens (primary N) is 2. The van der Waals surface area contributed by atoms with Crippen molar-refractivity contribution in [2.24, 2.45) is 11.5 Å². The third-order valence-electron chi connectivity index (χ3n) is 0.938. The van der Waals surface area contributed by atoms with E-state index >= 15 is 0 Å². The standard InChI is InChI=1S/2C3H9NO.2C3H8O2.4C2H4O2.2CH5N.2CH4O/c2*1-3(2)4-5;2*1-3(2)5-4;4*1-2(3)4;4*1-2/h2*3-5H,1-2H3;2*3-4H,1-2H3;4*1H3,(H,3,4);2*2H2,1H3;2*2H,1H3. The minimum absolute atomic E-state index is 0.0602. The van der Waals surface area contributed by atoms with E-state index in [0.29, 0.717) is 0 Å². The van der Waals surface area contributed by atoms with Gasteiger partial charge in [-0.05, 0) is 69.5 Å². The van der Waals surface area contributed by atoms with Crippen molar-refractivity contribution in [3.8, 4) is 0 Å². The average molecular weight is 669 g/mol. The topological polar surface area (TPSA) is 365 Å². The van der Waals surface area contributed by atoms with Crippen LogP contribution in [0, 0.1) is 0 Å². The van der Waals surface area contributed by atoms with E-state index in [1.165, 1.54) is 14.1 Å². The molecule has 0 amide bonds. The van der Waals surface area contributed by atoms with Gasteiger partial charge in [0.2, 0.25) is 0 Å². The number of carboxylic acid groups (broad SMARTS) is 4. The molecule has 0 radical (unpaired) electrons. The Kier molecular flexibility index (Phi) is 173. The van der Waals surface area contributed by atoms with Crippen LogP contribution >= 0.6 is 0 Å². The predicted molar refractivity (Wildman–Crippen MR) is 168 cm³/mol. The van der Waals surface area contributed by atoms with Gasteiger partial charge in [-0.25, -0.2) is 20.7 Å². The van der Waals surface area contributed by atoms with Crippen LogP contribution in [0.5, 0.6) is 0 Å². The zero-order valence-corrected chi connectivity index (χ0v) is 29.4. The maximum absolute atomic E-state index is 9.00. The SMILES string of the molecule is CC(=O)O.CC(=O)O.CC(=O)O.CC(=O)O.CC(C)NO.CC(C)NO.CC(C)OO.CC(C)OO.CN.CN.CO.CO. The highest BCUT2D eigenvalue weighted by molar-refractivity contribution is 5.63. The van der Waals surface area contributed by atoms with E-state index in [9.17, 15) is 0 Å². The van der Waals surface area contributed by atoms with Crippen LogP contribution in [-0.4, -0.2) is 128 Å². The summed E-state index contributed by atoms with van der Waals surface area (Å²) in [5.41, 5.74) is 13.1. The molecule has 0 spiro atoms. The zero-order chi connectivity index (χ0) is 39.4. The molecule has 0 unspecified atom stereocenters. The second-order valence-electron chi connectivity index (χ2n) is 6.95. The van der Waals surface area contributed by atoms with E-state index in [2.05, 4.69) is 21.2 Å².